The molecule has 5 amide bonds. The second kappa shape index (κ2) is 8.34. The van der Waals surface area contributed by atoms with Crippen molar-refractivity contribution in [3.63, 3.8) is 0 Å². The second-order valence-corrected chi connectivity index (χ2v) is 6.30. The zero-order valence-electron chi connectivity index (χ0n) is 13.0. The van der Waals surface area contributed by atoms with Crippen molar-refractivity contribution in [3.8, 4) is 0 Å². The minimum absolute atomic E-state index is 0.00372. The quantitative estimate of drug-likeness (QED) is 0.333. The van der Waals surface area contributed by atoms with Crippen molar-refractivity contribution in [1.82, 2.24) is 21.5 Å². The summed E-state index contributed by atoms with van der Waals surface area (Å²) in [6, 6.07) is 6.49. The molecule has 2 rings (SSSR count). The van der Waals surface area contributed by atoms with Crippen LogP contribution in [-0.4, -0.2) is 35.5 Å². The molecule has 1 atom stereocenters. The first-order valence-corrected chi connectivity index (χ1v) is 8.31. The summed E-state index contributed by atoms with van der Waals surface area (Å²) in [4.78, 5) is 46.5. The first kappa shape index (κ1) is 17.8. The highest BCUT2D eigenvalue weighted by Gasteiger charge is 2.29. The Morgan fingerprint density at radius 2 is 1.79 bits per heavy atom. The van der Waals surface area contributed by atoms with Gasteiger partial charge in [0, 0.05) is 11.3 Å². The highest BCUT2D eigenvalue weighted by Crippen LogP contribution is 2.17. The molecule has 1 unspecified atom stereocenters. The number of benzene rings is 1. The van der Waals surface area contributed by atoms with Crippen LogP contribution in [0.3, 0.4) is 0 Å². The van der Waals surface area contributed by atoms with E-state index in [1.165, 1.54) is 11.8 Å². The molecule has 8 nitrogen and oxygen atoms in total. The van der Waals surface area contributed by atoms with Crippen molar-refractivity contribution >= 4 is 35.5 Å². The molecule has 0 aromatic heterocycles. The lowest BCUT2D eigenvalue weighted by atomic mass is 10.1. The first-order valence-electron chi connectivity index (χ1n) is 7.32. The van der Waals surface area contributed by atoms with Crippen molar-refractivity contribution < 1.29 is 19.2 Å². The standard InChI is InChI=1S/C15H18N4O4S/c1-9-2-4-10(5-3-9)24-8-13(21)19-18-12(20)7-6-11-14(22)17-15(23)16-11/h2-5,11H,6-8H2,1H3,(H,18,20)(H,19,21)(H2,16,17,22,23). The van der Waals surface area contributed by atoms with E-state index in [2.05, 4.69) is 21.5 Å². The van der Waals surface area contributed by atoms with Crippen molar-refractivity contribution in [2.24, 2.45) is 0 Å². The molecule has 4 N–H and O–H groups in total. The Kier molecular flexibility index (Phi) is 6.19. The fourth-order valence-corrected chi connectivity index (χ4v) is 2.66. The van der Waals surface area contributed by atoms with Crippen molar-refractivity contribution in [2.75, 3.05) is 5.75 Å². The number of urea groups is 1. The van der Waals surface area contributed by atoms with Gasteiger partial charge in [0.25, 0.3) is 5.91 Å². The summed E-state index contributed by atoms with van der Waals surface area (Å²) in [5.74, 6) is -1.05. The van der Waals surface area contributed by atoms with Gasteiger partial charge in [0.2, 0.25) is 11.8 Å². The minimum atomic E-state index is -0.712. The Balaban J connectivity index is 1.62. The fourth-order valence-electron chi connectivity index (χ4n) is 1.96. The molecule has 1 aliphatic heterocycles. The van der Waals surface area contributed by atoms with Crippen LogP contribution < -0.4 is 21.5 Å². The predicted molar refractivity (Wildman–Crippen MR) is 87.9 cm³/mol. The summed E-state index contributed by atoms with van der Waals surface area (Å²) in [6.07, 6.45) is 0.168. The Labute approximate surface area is 143 Å². The molecule has 1 aromatic rings. The predicted octanol–water partition coefficient (Wildman–Crippen LogP) is 0.223. The molecule has 0 radical (unpaired) electrons. The van der Waals surface area contributed by atoms with E-state index in [4.69, 9.17) is 0 Å². The molecule has 0 aliphatic carbocycles. The lowest BCUT2D eigenvalue weighted by Gasteiger charge is -2.09. The Morgan fingerprint density at radius 1 is 1.12 bits per heavy atom. The number of hydrogen-bond acceptors (Lipinski definition) is 5. The highest BCUT2D eigenvalue weighted by molar-refractivity contribution is 8.00. The van der Waals surface area contributed by atoms with Gasteiger partial charge in [-0.2, -0.15) is 0 Å². The average Bonchev–Trinajstić information content (AvgIpc) is 2.88. The molecular weight excluding hydrogens is 332 g/mol. The van der Waals surface area contributed by atoms with E-state index in [1.54, 1.807) is 0 Å². The molecular formula is C15H18N4O4S. The van der Waals surface area contributed by atoms with Gasteiger partial charge in [0.05, 0.1) is 5.75 Å². The molecule has 1 aliphatic rings. The Hall–Kier alpha value is -2.55. The van der Waals surface area contributed by atoms with Crippen LogP contribution >= 0.6 is 11.8 Å². The third kappa shape index (κ3) is 5.58. The second-order valence-electron chi connectivity index (χ2n) is 5.25. The van der Waals surface area contributed by atoms with Gasteiger partial charge in [0.1, 0.15) is 6.04 Å². The maximum absolute atomic E-state index is 11.7. The number of nitrogens with one attached hydrogen (secondary N) is 4. The molecule has 1 saturated heterocycles. The van der Waals surface area contributed by atoms with E-state index in [0.717, 1.165) is 10.5 Å². The van der Waals surface area contributed by atoms with Crippen LogP contribution in [0.25, 0.3) is 0 Å². The van der Waals surface area contributed by atoms with Crippen LogP contribution in [0.15, 0.2) is 29.2 Å². The summed E-state index contributed by atoms with van der Waals surface area (Å²) >= 11 is 1.36. The zero-order valence-corrected chi connectivity index (χ0v) is 13.9. The van der Waals surface area contributed by atoms with Crippen molar-refractivity contribution in [3.05, 3.63) is 29.8 Å². The maximum atomic E-state index is 11.7. The summed E-state index contributed by atoms with van der Waals surface area (Å²) in [6.45, 7) is 1.98. The molecule has 1 heterocycles. The summed E-state index contributed by atoms with van der Waals surface area (Å²) in [7, 11) is 0. The van der Waals surface area contributed by atoms with E-state index < -0.39 is 23.9 Å². The summed E-state index contributed by atoms with van der Waals surface area (Å²) < 4.78 is 0. The highest BCUT2D eigenvalue weighted by atomic mass is 32.2. The summed E-state index contributed by atoms with van der Waals surface area (Å²) in [5, 5.41) is 4.48. The number of thioether (sulfide) groups is 1. The van der Waals surface area contributed by atoms with Gasteiger partial charge >= 0.3 is 6.03 Å². The average molecular weight is 350 g/mol. The number of hydrazine groups is 1. The van der Waals surface area contributed by atoms with Gasteiger partial charge in [-0.25, -0.2) is 4.79 Å². The molecule has 9 heteroatoms. The van der Waals surface area contributed by atoms with E-state index >= 15 is 0 Å². The zero-order chi connectivity index (χ0) is 17.5. The van der Waals surface area contributed by atoms with Gasteiger partial charge in [-0.15, -0.1) is 11.8 Å². The Bertz CT molecular complexity index is 647. The van der Waals surface area contributed by atoms with E-state index in [0.29, 0.717) is 0 Å². The fraction of sp³-hybridized carbons (Fsp3) is 0.333. The number of aryl methyl sites for hydroxylation is 1. The molecule has 128 valence electrons. The van der Waals surface area contributed by atoms with E-state index in [1.807, 2.05) is 31.2 Å². The molecule has 0 spiro atoms. The largest absolute Gasteiger partial charge is 0.326 e. The lowest BCUT2D eigenvalue weighted by Crippen LogP contribution is -2.43. The normalized spacial score (nSPS) is 16.3. The van der Waals surface area contributed by atoms with Crippen LogP contribution in [0.5, 0.6) is 0 Å². The van der Waals surface area contributed by atoms with Gasteiger partial charge in [-0.3, -0.25) is 30.6 Å². The van der Waals surface area contributed by atoms with Crippen molar-refractivity contribution in [1.29, 1.82) is 0 Å². The van der Waals surface area contributed by atoms with Gasteiger partial charge in [-0.05, 0) is 25.5 Å². The van der Waals surface area contributed by atoms with E-state index in [-0.39, 0.29) is 24.5 Å². The van der Waals surface area contributed by atoms with Crippen LogP contribution in [0.2, 0.25) is 0 Å². The smallest absolute Gasteiger partial charge is 0.322 e. The van der Waals surface area contributed by atoms with Gasteiger partial charge < -0.3 is 5.32 Å². The minimum Gasteiger partial charge on any atom is -0.326 e. The molecule has 24 heavy (non-hydrogen) atoms. The molecule has 1 fully saturated rings. The number of carbonyl (C=O) groups is 4. The van der Waals surface area contributed by atoms with E-state index in [9.17, 15) is 19.2 Å². The number of rotatable bonds is 6. The number of carbonyl (C=O) groups excluding carboxylic acids is 4. The van der Waals surface area contributed by atoms with Crippen LogP contribution in [0, 0.1) is 6.92 Å². The lowest BCUT2D eigenvalue weighted by molar-refractivity contribution is -0.128. The third-order valence-electron chi connectivity index (χ3n) is 3.25. The monoisotopic (exact) mass is 350 g/mol. The number of hydrogen-bond donors (Lipinski definition) is 4. The first-order chi connectivity index (χ1) is 11.4. The van der Waals surface area contributed by atoms with Gasteiger partial charge in [0.15, 0.2) is 0 Å². The Morgan fingerprint density at radius 3 is 2.42 bits per heavy atom. The molecule has 1 aromatic carbocycles. The maximum Gasteiger partial charge on any atom is 0.322 e. The number of imide groups is 1. The SMILES string of the molecule is Cc1ccc(SCC(=O)NNC(=O)CCC2NC(=O)NC2=O)cc1. The molecule has 0 bridgehead atoms. The third-order valence-corrected chi connectivity index (χ3v) is 4.26. The van der Waals surface area contributed by atoms with Crippen LogP contribution in [0.4, 0.5) is 4.79 Å². The van der Waals surface area contributed by atoms with Gasteiger partial charge in [-0.1, -0.05) is 17.7 Å². The summed E-state index contributed by atoms with van der Waals surface area (Å²) in [5.41, 5.74) is 5.74. The van der Waals surface area contributed by atoms with Crippen molar-refractivity contribution in [2.45, 2.75) is 30.7 Å². The number of amides is 5. The van der Waals surface area contributed by atoms with Crippen LogP contribution in [-0.2, 0) is 14.4 Å². The topological polar surface area (TPSA) is 116 Å². The van der Waals surface area contributed by atoms with Crippen LogP contribution in [0.1, 0.15) is 18.4 Å². The molecule has 0 saturated carbocycles.